The van der Waals surface area contributed by atoms with Crippen molar-refractivity contribution in [1.82, 2.24) is 25.3 Å². The van der Waals surface area contributed by atoms with E-state index >= 15 is 0 Å². The Labute approximate surface area is 123 Å². The van der Waals surface area contributed by atoms with Gasteiger partial charge in [-0.25, -0.2) is 0 Å². The van der Waals surface area contributed by atoms with Gasteiger partial charge in [0.25, 0.3) is 0 Å². The van der Waals surface area contributed by atoms with Crippen LogP contribution in [-0.4, -0.2) is 39.7 Å². The van der Waals surface area contributed by atoms with Gasteiger partial charge < -0.3 is 9.84 Å². The Balaban J connectivity index is 1.50. The highest BCUT2D eigenvalue weighted by Crippen LogP contribution is 2.39. The summed E-state index contributed by atoms with van der Waals surface area (Å²) in [5.74, 6) is 2.13. The molecule has 1 saturated heterocycles. The van der Waals surface area contributed by atoms with Crippen molar-refractivity contribution in [1.29, 1.82) is 0 Å². The number of piperazine rings is 1. The molecule has 0 radical (unpaired) electrons. The molecule has 4 rings (SSSR count). The molecule has 1 aliphatic carbocycles. The summed E-state index contributed by atoms with van der Waals surface area (Å²) in [5, 5.41) is 7.58. The average molecular weight is 285 g/mol. The highest BCUT2D eigenvalue weighted by molar-refractivity contribution is 5.15. The van der Waals surface area contributed by atoms with Crippen molar-refractivity contribution >= 4 is 0 Å². The van der Waals surface area contributed by atoms with E-state index in [4.69, 9.17) is 4.52 Å². The van der Waals surface area contributed by atoms with E-state index in [1.165, 1.54) is 18.4 Å². The SMILES string of the molecule is c1cncc(C2CNCCN2Cc2noc(C3CC3)n2)c1. The molecule has 1 atom stereocenters. The van der Waals surface area contributed by atoms with Crippen molar-refractivity contribution in [3.63, 3.8) is 0 Å². The summed E-state index contributed by atoms with van der Waals surface area (Å²) in [7, 11) is 0. The van der Waals surface area contributed by atoms with Crippen LogP contribution in [0.3, 0.4) is 0 Å². The Morgan fingerprint density at radius 2 is 2.33 bits per heavy atom. The first-order valence-corrected chi connectivity index (χ1v) is 7.57. The van der Waals surface area contributed by atoms with E-state index in [1.807, 2.05) is 18.5 Å². The van der Waals surface area contributed by atoms with Gasteiger partial charge in [0, 0.05) is 44.0 Å². The Morgan fingerprint density at radius 1 is 1.38 bits per heavy atom. The molecule has 1 unspecified atom stereocenters. The van der Waals surface area contributed by atoms with Crippen LogP contribution >= 0.6 is 0 Å². The summed E-state index contributed by atoms with van der Waals surface area (Å²) >= 11 is 0. The molecule has 110 valence electrons. The van der Waals surface area contributed by atoms with Crippen molar-refractivity contribution in [2.45, 2.75) is 31.3 Å². The summed E-state index contributed by atoms with van der Waals surface area (Å²) in [6.07, 6.45) is 6.13. The first kappa shape index (κ1) is 12.9. The summed E-state index contributed by atoms with van der Waals surface area (Å²) < 4.78 is 5.36. The lowest BCUT2D eigenvalue weighted by Gasteiger charge is -2.35. The molecule has 2 aromatic heterocycles. The second kappa shape index (κ2) is 5.54. The minimum Gasteiger partial charge on any atom is -0.339 e. The predicted molar refractivity (Wildman–Crippen MR) is 76.5 cm³/mol. The van der Waals surface area contributed by atoms with Crippen LogP contribution in [0.15, 0.2) is 29.0 Å². The van der Waals surface area contributed by atoms with Gasteiger partial charge >= 0.3 is 0 Å². The summed E-state index contributed by atoms with van der Waals surface area (Å²) in [5.41, 5.74) is 1.23. The molecule has 0 aromatic carbocycles. The third-order valence-electron chi connectivity index (χ3n) is 4.18. The van der Waals surface area contributed by atoms with Gasteiger partial charge in [-0.2, -0.15) is 4.98 Å². The molecule has 0 bridgehead atoms. The molecule has 1 aliphatic heterocycles. The molecule has 2 aromatic rings. The summed E-state index contributed by atoms with van der Waals surface area (Å²) in [6.45, 7) is 3.63. The largest absolute Gasteiger partial charge is 0.339 e. The van der Waals surface area contributed by atoms with E-state index < -0.39 is 0 Å². The fraction of sp³-hybridized carbons (Fsp3) is 0.533. The third-order valence-corrected chi connectivity index (χ3v) is 4.18. The number of aromatic nitrogens is 3. The van der Waals surface area contributed by atoms with Gasteiger partial charge in [0.1, 0.15) is 0 Å². The number of hydrogen-bond donors (Lipinski definition) is 1. The lowest BCUT2D eigenvalue weighted by molar-refractivity contribution is 0.148. The first-order valence-electron chi connectivity index (χ1n) is 7.57. The first-order chi connectivity index (χ1) is 10.4. The predicted octanol–water partition coefficient (Wildman–Crippen LogP) is 1.49. The van der Waals surface area contributed by atoms with Crippen molar-refractivity contribution < 1.29 is 4.52 Å². The second-order valence-electron chi connectivity index (χ2n) is 5.80. The van der Waals surface area contributed by atoms with E-state index in [1.54, 1.807) is 0 Å². The standard InChI is InChI=1S/C15H19N5O/c1-2-12(8-16-5-1)13-9-17-6-7-20(13)10-14-18-15(21-19-14)11-3-4-11/h1-2,5,8,11,13,17H,3-4,6-7,9-10H2. The summed E-state index contributed by atoms with van der Waals surface area (Å²) in [6, 6.07) is 4.43. The Kier molecular flexibility index (Phi) is 3.40. The third kappa shape index (κ3) is 2.82. The van der Waals surface area contributed by atoms with E-state index in [0.717, 1.165) is 37.9 Å². The molecule has 2 fully saturated rings. The molecule has 6 nitrogen and oxygen atoms in total. The van der Waals surface area contributed by atoms with Crippen LogP contribution in [-0.2, 0) is 6.54 Å². The molecular formula is C15H19N5O. The van der Waals surface area contributed by atoms with Gasteiger partial charge in [0.05, 0.1) is 6.54 Å². The van der Waals surface area contributed by atoms with Crippen LogP contribution in [0.2, 0.25) is 0 Å². The Morgan fingerprint density at radius 3 is 3.14 bits per heavy atom. The van der Waals surface area contributed by atoms with Crippen LogP contribution in [0.1, 0.15) is 42.1 Å². The number of hydrogen-bond acceptors (Lipinski definition) is 6. The lowest BCUT2D eigenvalue weighted by Crippen LogP contribution is -2.45. The van der Waals surface area contributed by atoms with Gasteiger partial charge in [-0.05, 0) is 24.5 Å². The fourth-order valence-electron chi connectivity index (χ4n) is 2.85. The molecular weight excluding hydrogens is 266 g/mol. The molecule has 3 heterocycles. The Bertz CT molecular complexity index is 595. The van der Waals surface area contributed by atoms with Gasteiger partial charge in [-0.3, -0.25) is 9.88 Å². The average Bonchev–Trinajstić information content (AvgIpc) is 3.29. The van der Waals surface area contributed by atoms with Crippen molar-refractivity contribution in [3.8, 4) is 0 Å². The molecule has 0 amide bonds. The molecule has 1 N–H and O–H groups in total. The molecule has 1 saturated carbocycles. The van der Waals surface area contributed by atoms with E-state index in [2.05, 4.69) is 31.4 Å². The number of nitrogens with zero attached hydrogens (tertiary/aromatic N) is 4. The van der Waals surface area contributed by atoms with Gasteiger partial charge in [-0.1, -0.05) is 11.2 Å². The van der Waals surface area contributed by atoms with Crippen LogP contribution < -0.4 is 5.32 Å². The summed E-state index contributed by atoms with van der Waals surface area (Å²) in [4.78, 5) is 11.2. The second-order valence-corrected chi connectivity index (χ2v) is 5.80. The molecule has 2 aliphatic rings. The van der Waals surface area contributed by atoms with Gasteiger partial charge in [-0.15, -0.1) is 0 Å². The minimum absolute atomic E-state index is 0.315. The van der Waals surface area contributed by atoms with Crippen molar-refractivity contribution in [2.24, 2.45) is 0 Å². The fourth-order valence-corrected chi connectivity index (χ4v) is 2.85. The van der Waals surface area contributed by atoms with Gasteiger partial charge in [0.2, 0.25) is 5.89 Å². The molecule has 6 heteroatoms. The number of rotatable bonds is 4. The smallest absolute Gasteiger partial charge is 0.229 e. The number of nitrogens with one attached hydrogen (secondary N) is 1. The highest BCUT2D eigenvalue weighted by Gasteiger charge is 2.31. The maximum absolute atomic E-state index is 5.36. The number of pyridine rings is 1. The zero-order valence-electron chi connectivity index (χ0n) is 11.9. The van der Waals surface area contributed by atoms with Crippen LogP contribution in [0.5, 0.6) is 0 Å². The highest BCUT2D eigenvalue weighted by atomic mass is 16.5. The van der Waals surface area contributed by atoms with E-state index in [9.17, 15) is 0 Å². The normalized spacial score (nSPS) is 23.3. The van der Waals surface area contributed by atoms with E-state index in [-0.39, 0.29) is 0 Å². The van der Waals surface area contributed by atoms with Gasteiger partial charge in [0.15, 0.2) is 5.82 Å². The van der Waals surface area contributed by atoms with Crippen LogP contribution in [0.25, 0.3) is 0 Å². The minimum atomic E-state index is 0.315. The zero-order chi connectivity index (χ0) is 14.1. The molecule has 21 heavy (non-hydrogen) atoms. The Hall–Kier alpha value is -1.79. The lowest BCUT2D eigenvalue weighted by atomic mass is 10.1. The zero-order valence-corrected chi connectivity index (χ0v) is 11.9. The monoisotopic (exact) mass is 285 g/mol. The van der Waals surface area contributed by atoms with Crippen LogP contribution in [0, 0.1) is 0 Å². The van der Waals surface area contributed by atoms with Crippen molar-refractivity contribution in [2.75, 3.05) is 19.6 Å². The van der Waals surface area contributed by atoms with Crippen molar-refractivity contribution in [3.05, 3.63) is 41.8 Å². The van der Waals surface area contributed by atoms with E-state index in [0.29, 0.717) is 12.0 Å². The maximum atomic E-state index is 5.36. The maximum Gasteiger partial charge on any atom is 0.229 e. The van der Waals surface area contributed by atoms with Crippen LogP contribution in [0.4, 0.5) is 0 Å². The molecule has 0 spiro atoms. The topological polar surface area (TPSA) is 67.1 Å². The quantitative estimate of drug-likeness (QED) is 0.918.